The number of benzene rings is 1. The molecule has 2 aromatic rings. The summed E-state index contributed by atoms with van der Waals surface area (Å²) in [4.78, 5) is 0. The van der Waals surface area contributed by atoms with Gasteiger partial charge in [-0.3, -0.25) is 4.68 Å². The van der Waals surface area contributed by atoms with Crippen molar-refractivity contribution in [3.05, 3.63) is 47.9 Å². The maximum Gasteiger partial charge on any atom is 0.145 e. The van der Waals surface area contributed by atoms with E-state index in [9.17, 15) is 4.39 Å². The van der Waals surface area contributed by atoms with Crippen LogP contribution < -0.4 is 5.73 Å². The molecular weight excluding hydrogens is 181 g/mol. The molecule has 4 heteroatoms. The second-order valence-corrected chi connectivity index (χ2v) is 3.03. The maximum absolute atomic E-state index is 13.2. The zero-order valence-corrected chi connectivity index (χ0v) is 7.52. The van der Waals surface area contributed by atoms with Gasteiger partial charge in [0.1, 0.15) is 11.6 Å². The molecule has 0 bridgehead atoms. The second kappa shape index (κ2) is 3.49. The Bertz CT molecular complexity index is 436. The molecular formula is C10H10FN3. The van der Waals surface area contributed by atoms with Crippen molar-refractivity contribution < 1.29 is 4.39 Å². The maximum atomic E-state index is 13.2. The van der Waals surface area contributed by atoms with Crippen molar-refractivity contribution in [2.75, 3.05) is 5.73 Å². The van der Waals surface area contributed by atoms with E-state index in [1.807, 2.05) is 0 Å². The van der Waals surface area contributed by atoms with E-state index in [1.165, 1.54) is 6.07 Å². The van der Waals surface area contributed by atoms with E-state index in [1.54, 1.807) is 35.1 Å². The predicted octanol–water partition coefficient (Wildman–Crippen LogP) is 1.65. The Labute approximate surface area is 81.0 Å². The minimum absolute atomic E-state index is 0.221. The van der Waals surface area contributed by atoms with Crippen molar-refractivity contribution in [2.45, 2.75) is 6.54 Å². The SMILES string of the molecule is Nc1ccn(Cc2ccccc2F)n1. The van der Waals surface area contributed by atoms with Gasteiger partial charge in [0.15, 0.2) is 0 Å². The van der Waals surface area contributed by atoms with Crippen LogP contribution in [0.3, 0.4) is 0 Å². The third-order valence-corrected chi connectivity index (χ3v) is 1.95. The highest BCUT2D eigenvalue weighted by molar-refractivity contribution is 5.25. The van der Waals surface area contributed by atoms with Crippen LogP contribution in [-0.2, 0) is 6.54 Å². The van der Waals surface area contributed by atoms with Crippen LogP contribution in [0.4, 0.5) is 10.2 Å². The molecule has 0 aliphatic rings. The summed E-state index contributed by atoms with van der Waals surface area (Å²) in [6, 6.07) is 8.30. The first-order chi connectivity index (χ1) is 6.75. The fraction of sp³-hybridized carbons (Fsp3) is 0.100. The molecule has 0 amide bonds. The van der Waals surface area contributed by atoms with Gasteiger partial charge in [-0.15, -0.1) is 0 Å². The zero-order valence-electron chi connectivity index (χ0n) is 7.52. The van der Waals surface area contributed by atoms with Crippen LogP contribution in [-0.4, -0.2) is 9.78 Å². The van der Waals surface area contributed by atoms with Crippen LogP contribution in [0, 0.1) is 5.82 Å². The number of halogens is 1. The summed E-state index contributed by atoms with van der Waals surface area (Å²) in [6.45, 7) is 0.407. The highest BCUT2D eigenvalue weighted by Gasteiger charge is 2.01. The Hall–Kier alpha value is -1.84. The lowest BCUT2D eigenvalue weighted by atomic mass is 10.2. The molecule has 1 aromatic heterocycles. The van der Waals surface area contributed by atoms with Crippen LogP contribution in [0.5, 0.6) is 0 Å². The second-order valence-electron chi connectivity index (χ2n) is 3.03. The summed E-state index contributed by atoms with van der Waals surface area (Å²) < 4.78 is 14.8. The number of hydrogen-bond donors (Lipinski definition) is 1. The van der Waals surface area contributed by atoms with Gasteiger partial charge in [0.05, 0.1) is 6.54 Å². The molecule has 0 unspecified atom stereocenters. The summed E-state index contributed by atoms with van der Waals surface area (Å²) >= 11 is 0. The van der Waals surface area contributed by atoms with E-state index in [-0.39, 0.29) is 5.82 Å². The summed E-state index contributed by atoms with van der Waals surface area (Å²) in [7, 11) is 0. The quantitative estimate of drug-likeness (QED) is 0.784. The minimum Gasteiger partial charge on any atom is -0.382 e. The molecule has 0 fully saturated rings. The fourth-order valence-corrected chi connectivity index (χ4v) is 1.27. The first-order valence-electron chi connectivity index (χ1n) is 4.28. The lowest BCUT2D eigenvalue weighted by Crippen LogP contribution is -2.02. The normalized spacial score (nSPS) is 10.4. The molecule has 0 saturated heterocycles. The Morgan fingerprint density at radius 3 is 2.71 bits per heavy atom. The van der Waals surface area contributed by atoms with Crippen molar-refractivity contribution in [1.82, 2.24) is 9.78 Å². The van der Waals surface area contributed by atoms with E-state index < -0.39 is 0 Å². The molecule has 0 atom stereocenters. The highest BCUT2D eigenvalue weighted by atomic mass is 19.1. The molecule has 1 aromatic carbocycles. The van der Waals surface area contributed by atoms with Crippen LogP contribution in [0.2, 0.25) is 0 Å². The lowest BCUT2D eigenvalue weighted by Gasteiger charge is -2.02. The number of nitrogen functional groups attached to an aromatic ring is 1. The summed E-state index contributed by atoms with van der Waals surface area (Å²) in [5.74, 6) is 0.225. The Morgan fingerprint density at radius 1 is 1.29 bits per heavy atom. The van der Waals surface area contributed by atoms with E-state index in [2.05, 4.69) is 5.10 Å². The van der Waals surface area contributed by atoms with Gasteiger partial charge in [0, 0.05) is 11.8 Å². The molecule has 0 aliphatic carbocycles. The summed E-state index contributed by atoms with van der Waals surface area (Å²) in [5.41, 5.74) is 6.05. The van der Waals surface area contributed by atoms with E-state index in [0.29, 0.717) is 17.9 Å². The number of nitrogens with two attached hydrogens (primary N) is 1. The van der Waals surface area contributed by atoms with E-state index >= 15 is 0 Å². The lowest BCUT2D eigenvalue weighted by molar-refractivity contribution is 0.586. The van der Waals surface area contributed by atoms with Crippen molar-refractivity contribution in [2.24, 2.45) is 0 Å². The highest BCUT2D eigenvalue weighted by Crippen LogP contribution is 2.08. The molecule has 14 heavy (non-hydrogen) atoms. The average Bonchev–Trinajstić information content (AvgIpc) is 2.56. The van der Waals surface area contributed by atoms with Crippen LogP contribution >= 0.6 is 0 Å². The van der Waals surface area contributed by atoms with Gasteiger partial charge in [0.2, 0.25) is 0 Å². The van der Waals surface area contributed by atoms with Gasteiger partial charge in [-0.25, -0.2) is 4.39 Å². The van der Waals surface area contributed by atoms with Gasteiger partial charge in [0.25, 0.3) is 0 Å². The van der Waals surface area contributed by atoms with Gasteiger partial charge in [-0.1, -0.05) is 18.2 Å². The monoisotopic (exact) mass is 191 g/mol. The van der Waals surface area contributed by atoms with Gasteiger partial charge in [-0.05, 0) is 12.1 Å². The summed E-state index contributed by atoms with van der Waals surface area (Å²) in [5, 5.41) is 3.97. The number of nitrogens with zero attached hydrogens (tertiary/aromatic N) is 2. The molecule has 72 valence electrons. The molecule has 0 radical (unpaired) electrons. The third-order valence-electron chi connectivity index (χ3n) is 1.95. The first kappa shape index (κ1) is 8.74. The minimum atomic E-state index is -0.221. The predicted molar refractivity (Wildman–Crippen MR) is 52.1 cm³/mol. The smallest absolute Gasteiger partial charge is 0.145 e. The van der Waals surface area contributed by atoms with Gasteiger partial charge >= 0.3 is 0 Å². The number of rotatable bonds is 2. The Kier molecular flexibility index (Phi) is 2.18. The molecule has 1 heterocycles. The topological polar surface area (TPSA) is 43.8 Å². The van der Waals surface area contributed by atoms with Crippen LogP contribution in [0.15, 0.2) is 36.5 Å². The van der Waals surface area contributed by atoms with Crippen molar-refractivity contribution in [1.29, 1.82) is 0 Å². The van der Waals surface area contributed by atoms with Crippen molar-refractivity contribution in [3.63, 3.8) is 0 Å². The number of anilines is 1. The molecule has 0 saturated carbocycles. The third kappa shape index (κ3) is 1.74. The van der Waals surface area contributed by atoms with Crippen molar-refractivity contribution in [3.8, 4) is 0 Å². The molecule has 3 nitrogen and oxygen atoms in total. The van der Waals surface area contributed by atoms with Crippen molar-refractivity contribution >= 4 is 5.82 Å². The molecule has 2 rings (SSSR count). The average molecular weight is 191 g/mol. The molecule has 0 spiro atoms. The van der Waals surface area contributed by atoms with E-state index in [0.717, 1.165) is 0 Å². The Balaban J connectivity index is 2.23. The molecule has 2 N–H and O–H groups in total. The standard InChI is InChI=1S/C10H10FN3/c11-9-4-2-1-3-8(9)7-14-6-5-10(12)13-14/h1-6H,7H2,(H2,12,13). The summed E-state index contributed by atoms with van der Waals surface area (Å²) in [6.07, 6.45) is 1.72. The molecule has 0 aliphatic heterocycles. The fourth-order valence-electron chi connectivity index (χ4n) is 1.27. The first-order valence-corrected chi connectivity index (χ1v) is 4.28. The van der Waals surface area contributed by atoms with Crippen LogP contribution in [0.1, 0.15) is 5.56 Å². The zero-order chi connectivity index (χ0) is 9.97. The number of aromatic nitrogens is 2. The van der Waals surface area contributed by atoms with Gasteiger partial charge < -0.3 is 5.73 Å². The number of hydrogen-bond acceptors (Lipinski definition) is 2. The Morgan fingerprint density at radius 2 is 2.07 bits per heavy atom. The van der Waals surface area contributed by atoms with E-state index in [4.69, 9.17) is 5.73 Å². The largest absolute Gasteiger partial charge is 0.382 e. The van der Waals surface area contributed by atoms with Crippen LogP contribution in [0.25, 0.3) is 0 Å². The van der Waals surface area contributed by atoms with Gasteiger partial charge in [-0.2, -0.15) is 5.10 Å².